The molecule has 14 heavy (non-hydrogen) atoms. The van der Waals surface area contributed by atoms with E-state index >= 15 is 0 Å². The van der Waals surface area contributed by atoms with Gasteiger partial charge < -0.3 is 5.11 Å². The van der Waals surface area contributed by atoms with Crippen LogP contribution >= 0.6 is 0 Å². The number of hydrogen-bond acceptors (Lipinski definition) is 2. The average molecular weight is 194 g/mol. The Morgan fingerprint density at radius 2 is 2.43 bits per heavy atom. The molecule has 4 heteroatoms. The molecule has 1 N–H and O–H groups in total. The second kappa shape index (κ2) is 3.44. The summed E-state index contributed by atoms with van der Waals surface area (Å²) in [5.41, 5.74) is 1.08. The van der Waals surface area contributed by atoms with Gasteiger partial charge in [0.2, 0.25) is 0 Å². The zero-order valence-electron chi connectivity index (χ0n) is 8.23. The summed E-state index contributed by atoms with van der Waals surface area (Å²) in [6.45, 7) is 2.66. The minimum absolute atomic E-state index is 0.320. The molecule has 76 valence electrons. The fraction of sp³-hybridized carbons (Fsp3) is 0.600. The highest BCUT2D eigenvalue weighted by molar-refractivity contribution is 5.88. The average Bonchev–Trinajstić information content (AvgIpc) is 2.87. The van der Waals surface area contributed by atoms with E-state index in [0.717, 1.165) is 24.6 Å². The number of nitrogens with zero attached hydrogens (tertiary/aromatic N) is 2. The summed E-state index contributed by atoms with van der Waals surface area (Å²) in [7, 11) is 0. The van der Waals surface area contributed by atoms with Crippen LogP contribution in [-0.2, 0) is 6.54 Å². The van der Waals surface area contributed by atoms with Gasteiger partial charge >= 0.3 is 5.97 Å². The van der Waals surface area contributed by atoms with Crippen molar-refractivity contribution in [3.05, 3.63) is 17.5 Å². The highest BCUT2D eigenvalue weighted by Crippen LogP contribution is 2.32. The number of carboxylic acids is 1. The molecule has 0 aliphatic heterocycles. The van der Waals surface area contributed by atoms with Crippen LogP contribution in [-0.4, -0.2) is 20.9 Å². The van der Waals surface area contributed by atoms with Crippen LogP contribution in [0, 0.1) is 12.8 Å². The Kier molecular flexibility index (Phi) is 2.27. The summed E-state index contributed by atoms with van der Waals surface area (Å²) in [6.07, 6.45) is 5.21. The van der Waals surface area contributed by atoms with Crippen LogP contribution in [0.2, 0.25) is 0 Å². The van der Waals surface area contributed by atoms with Crippen molar-refractivity contribution in [2.24, 2.45) is 5.92 Å². The molecule has 0 atom stereocenters. The standard InChI is InChI=1S/C10H14N2O2/c1-7-9(10(13)14)6-11-12(7)5-4-8-2-3-8/h6,8H,2-5H2,1H3,(H,13,14). The van der Waals surface area contributed by atoms with Crippen molar-refractivity contribution >= 4 is 5.97 Å². The second-order valence-corrected chi connectivity index (χ2v) is 3.90. The molecule has 0 unspecified atom stereocenters. The topological polar surface area (TPSA) is 55.1 Å². The molecule has 0 spiro atoms. The lowest BCUT2D eigenvalue weighted by molar-refractivity contribution is 0.0696. The summed E-state index contributed by atoms with van der Waals surface area (Å²) in [6, 6.07) is 0. The fourth-order valence-electron chi connectivity index (χ4n) is 1.59. The number of aryl methyl sites for hydroxylation is 1. The SMILES string of the molecule is Cc1c(C(=O)O)cnn1CCC1CC1. The molecular weight excluding hydrogens is 180 g/mol. The van der Waals surface area contributed by atoms with Crippen molar-refractivity contribution < 1.29 is 9.90 Å². The Morgan fingerprint density at radius 3 is 2.93 bits per heavy atom. The van der Waals surface area contributed by atoms with Crippen LogP contribution in [0.25, 0.3) is 0 Å². The van der Waals surface area contributed by atoms with Crippen molar-refractivity contribution in [2.45, 2.75) is 32.7 Å². The van der Waals surface area contributed by atoms with Crippen molar-refractivity contribution in [2.75, 3.05) is 0 Å². The summed E-state index contributed by atoms with van der Waals surface area (Å²) in [5, 5.41) is 12.9. The lowest BCUT2D eigenvalue weighted by Gasteiger charge is -2.02. The lowest BCUT2D eigenvalue weighted by Crippen LogP contribution is -2.05. The number of hydrogen-bond donors (Lipinski definition) is 1. The molecule has 1 aromatic heterocycles. The fourth-order valence-corrected chi connectivity index (χ4v) is 1.59. The third-order valence-corrected chi connectivity index (χ3v) is 2.78. The van der Waals surface area contributed by atoms with Crippen LogP contribution in [0.4, 0.5) is 0 Å². The zero-order chi connectivity index (χ0) is 10.1. The smallest absolute Gasteiger partial charge is 0.339 e. The first kappa shape index (κ1) is 9.24. The van der Waals surface area contributed by atoms with Crippen LogP contribution in [0.5, 0.6) is 0 Å². The first-order valence-corrected chi connectivity index (χ1v) is 4.94. The van der Waals surface area contributed by atoms with E-state index in [9.17, 15) is 4.79 Å². The van der Waals surface area contributed by atoms with E-state index in [-0.39, 0.29) is 0 Å². The molecule has 0 aromatic carbocycles. The van der Waals surface area contributed by atoms with Gasteiger partial charge in [0.05, 0.1) is 6.20 Å². The summed E-state index contributed by atoms with van der Waals surface area (Å²) >= 11 is 0. The van der Waals surface area contributed by atoms with Crippen molar-refractivity contribution in [3.8, 4) is 0 Å². The molecular formula is C10H14N2O2. The zero-order valence-corrected chi connectivity index (χ0v) is 8.23. The lowest BCUT2D eigenvalue weighted by atomic mass is 10.2. The molecule has 1 fully saturated rings. The first-order valence-electron chi connectivity index (χ1n) is 4.94. The Hall–Kier alpha value is -1.32. The van der Waals surface area contributed by atoms with Gasteiger partial charge in [0.1, 0.15) is 5.56 Å². The van der Waals surface area contributed by atoms with Crippen molar-refractivity contribution in [1.29, 1.82) is 0 Å². The maximum Gasteiger partial charge on any atom is 0.339 e. The minimum Gasteiger partial charge on any atom is -0.478 e. The summed E-state index contributed by atoms with van der Waals surface area (Å²) < 4.78 is 1.79. The molecule has 1 saturated carbocycles. The number of aromatic carboxylic acids is 1. The molecule has 0 radical (unpaired) electrons. The molecule has 2 rings (SSSR count). The van der Waals surface area contributed by atoms with Gasteiger partial charge in [0.25, 0.3) is 0 Å². The Morgan fingerprint density at radius 1 is 1.71 bits per heavy atom. The van der Waals surface area contributed by atoms with Gasteiger partial charge in [-0.05, 0) is 19.3 Å². The maximum absolute atomic E-state index is 10.7. The molecule has 1 aliphatic carbocycles. The molecule has 0 bridgehead atoms. The monoisotopic (exact) mass is 194 g/mol. The highest BCUT2D eigenvalue weighted by atomic mass is 16.4. The van der Waals surface area contributed by atoms with E-state index in [0.29, 0.717) is 5.56 Å². The second-order valence-electron chi connectivity index (χ2n) is 3.90. The molecule has 0 saturated heterocycles. The van der Waals surface area contributed by atoms with Crippen molar-refractivity contribution in [3.63, 3.8) is 0 Å². The van der Waals surface area contributed by atoms with Gasteiger partial charge in [-0.3, -0.25) is 4.68 Å². The molecule has 0 amide bonds. The summed E-state index contributed by atoms with van der Waals surface area (Å²) in [5.74, 6) is -0.0351. The molecule has 1 heterocycles. The van der Waals surface area contributed by atoms with Crippen LogP contribution in [0.1, 0.15) is 35.3 Å². The van der Waals surface area contributed by atoms with Gasteiger partial charge in [-0.25, -0.2) is 4.79 Å². The molecule has 4 nitrogen and oxygen atoms in total. The maximum atomic E-state index is 10.7. The quantitative estimate of drug-likeness (QED) is 0.793. The Labute approximate surface area is 82.5 Å². The Bertz CT molecular complexity index is 353. The van der Waals surface area contributed by atoms with E-state index in [1.165, 1.54) is 19.0 Å². The predicted octanol–water partition coefficient (Wildman–Crippen LogP) is 1.69. The normalized spacial score (nSPS) is 15.8. The molecule has 1 aliphatic rings. The van der Waals surface area contributed by atoms with E-state index in [2.05, 4.69) is 5.10 Å². The van der Waals surface area contributed by atoms with E-state index in [4.69, 9.17) is 5.11 Å². The van der Waals surface area contributed by atoms with Crippen LogP contribution in [0.3, 0.4) is 0 Å². The van der Waals surface area contributed by atoms with E-state index < -0.39 is 5.97 Å². The minimum atomic E-state index is -0.889. The highest BCUT2D eigenvalue weighted by Gasteiger charge is 2.21. The van der Waals surface area contributed by atoms with Crippen LogP contribution < -0.4 is 0 Å². The summed E-state index contributed by atoms with van der Waals surface area (Å²) in [4.78, 5) is 10.7. The molecule has 1 aromatic rings. The number of carboxylic acid groups (broad SMARTS) is 1. The number of rotatable bonds is 4. The van der Waals surface area contributed by atoms with E-state index in [1.54, 1.807) is 4.68 Å². The van der Waals surface area contributed by atoms with Gasteiger partial charge in [-0.2, -0.15) is 5.10 Å². The predicted molar refractivity (Wildman–Crippen MR) is 51.3 cm³/mol. The van der Waals surface area contributed by atoms with Crippen molar-refractivity contribution in [1.82, 2.24) is 9.78 Å². The Balaban J connectivity index is 2.05. The van der Waals surface area contributed by atoms with Crippen LogP contribution in [0.15, 0.2) is 6.20 Å². The van der Waals surface area contributed by atoms with Gasteiger partial charge in [0.15, 0.2) is 0 Å². The largest absolute Gasteiger partial charge is 0.478 e. The first-order chi connectivity index (χ1) is 6.68. The van der Waals surface area contributed by atoms with E-state index in [1.807, 2.05) is 6.92 Å². The van der Waals surface area contributed by atoms with Gasteiger partial charge in [-0.1, -0.05) is 12.8 Å². The third kappa shape index (κ3) is 1.78. The van der Waals surface area contributed by atoms with Gasteiger partial charge in [0, 0.05) is 12.2 Å². The third-order valence-electron chi connectivity index (χ3n) is 2.78. The number of aromatic nitrogens is 2. The number of carbonyl (C=O) groups is 1. The van der Waals surface area contributed by atoms with Gasteiger partial charge in [-0.15, -0.1) is 0 Å².